The normalized spacial score (nSPS) is 9.00. The number of nitrogens with zero attached hydrogens (tertiary/aromatic N) is 1. The molecule has 16 heavy (non-hydrogen) atoms. The minimum Gasteiger partial charge on any atom is -0.343 e. The molecule has 0 aromatic heterocycles. The second kappa shape index (κ2) is 5.51. The Labute approximate surface area is 93.1 Å². The third-order valence-corrected chi connectivity index (χ3v) is 1.92. The Morgan fingerprint density at radius 2 is 1.94 bits per heavy atom. The lowest BCUT2D eigenvalue weighted by Gasteiger charge is -2.03. The first-order valence-corrected chi connectivity index (χ1v) is 4.66. The summed E-state index contributed by atoms with van der Waals surface area (Å²) >= 11 is 0. The summed E-state index contributed by atoms with van der Waals surface area (Å²) in [4.78, 5) is 22.4. The Morgan fingerprint density at radius 3 is 2.50 bits per heavy atom. The molecule has 2 amide bonds. The number of aryl methyl sites for hydroxylation is 1. The van der Waals surface area contributed by atoms with Crippen molar-refractivity contribution < 1.29 is 9.59 Å². The van der Waals surface area contributed by atoms with E-state index in [9.17, 15) is 9.59 Å². The van der Waals surface area contributed by atoms with E-state index in [-0.39, 0.29) is 12.5 Å². The van der Waals surface area contributed by atoms with Crippen LogP contribution in [-0.4, -0.2) is 18.4 Å². The van der Waals surface area contributed by atoms with E-state index in [0.29, 0.717) is 5.56 Å². The summed E-state index contributed by atoms with van der Waals surface area (Å²) in [6, 6.07) is 6.97. The van der Waals surface area contributed by atoms with Crippen molar-refractivity contribution in [2.45, 2.75) is 6.92 Å². The Balaban J connectivity index is 2.50. The molecule has 5 nitrogen and oxygen atoms in total. The first kappa shape index (κ1) is 11.7. The predicted molar refractivity (Wildman–Crippen MR) is 57.3 cm³/mol. The molecule has 0 spiro atoms. The van der Waals surface area contributed by atoms with Gasteiger partial charge in [-0.2, -0.15) is 5.26 Å². The van der Waals surface area contributed by atoms with Crippen LogP contribution in [0, 0.1) is 18.4 Å². The monoisotopic (exact) mass is 217 g/mol. The van der Waals surface area contributed by atoms with Gasteiger partial charge in [-0.05, 0) is 19.1 Å². The second-order valence-corrected chi connectivity index (χ2v) is 3.21. The highest BCUT2D eigenvalue weighted by atomic mass is 16.2. The molecule has 0 aliphatic carbocycles. The highest BCUT2D eigenvalue weighted by molar-refractivity contribution is 5.96. The molecule has 0 saturated carbocycles. The molecule has 0 bridgehead atoms. The van der Waals surface area contributed by atoms with Crippen molar-refractivity contribution >= 4 is 11.8 Å². The van der Waals surface area contributed by atoms with Crippen LogP contribution in [0.4, 0.5) is 0 Å². The fourth-order valence-corrected chi connectivity index (χ4v) is 1.07. The lowest BCUT2D eigenvalue weighted by molar-refractivity contribution is -0.119. The van der Waals surface area contributed by atoms with E-state index in [1.165, 1.54) is 6.19 Å². The van der Waals surface area contributed by atoms with Crippen molar-refractivity contribution in [1.29, 1.82) is 5.26 Å². The van der Waals surface area contributed by atoms with Crippen molar-refractivity contribution in [1.82, 2.24) is 10.6 Å². The lowest BCUT2D eigenvalue weighted by atomic mass is 10.1. The van der Waals surface area contributed by atoms with Gasteiger partial charge in [-0.15, -0.1) is 0 Å². The number of nitrogens with one attached hydrogen (secondary N) is 2. The van der Waals surface area contributed by atoms with Gasteiger partial charge in [0, 0.05) is 5.56 Å². The van der Waals surface area contributed by atoms with E-state index >= 15 is 0 Å². The molecule has 0 heterocycles. The van der Waals surface area contributed by atoms with Gasteiger partial charge in [0.05, 0.1) is 6.54 Å². The largest absolute Gasteiger partial charge is 0.343 e. The van der Waals surface area contributed by atoms with Gasteiger partial charge in [-0.3, -0.25) is 14.9 Å². The van der Waals surface area contributed by atoms with Crippen LogP contribution in [0.3, 0.4) is 0 Å². The number of carbonyl (C=O) groups excluding carboxylic acids is 2. The first-order valence-electron chi connectivity index (χ1n) is 4.66. The zero-order valence-corrected chi connectivity index (χ0v) is 8.78. The van der Waals surface area contributed by atoms with Gasteiger partial charge in [0.25, 0.3) is 11.8 Å². The summed E-state index contributed by atoms with van der Waals surface area (Å²) in [5.41, 5.74) is 1.54. The van der Waals surface area contributed by atoms with Crippen molar-refractivity contribution in [3.8, 4) is 6.19 Å². The van der Waals surface area contributed by atoms with Crippen molar-refractivity contribution in [3.63, 3.8) is 0 Å². The highest BCUT2D eigenvalue weighted by Crippen LogP contribution is 2.02. The summed E-state index contributed by atoms with van der Waals surface area (Å²) in [6.45, 7) is 1.71. The molecule has 0 atom stereocenters. The van der Waals surface area contributed by atoms with E-state index in [2.05, 4.69) is 5.32 Å². The topological polar surface area (TPSA) is 82.0 Å². The van der Waals surface area contributed by atoms with Crippen LogP contribution in [0.25, 0.3) is 0 Å². The molecule has 82 valence electrons. The highest BCUT2D eigenvalue weighted by Gasteiger charge is 2.06. The summed E-state index contributed by atoms with van der Waals surface area (Å²) < 4.78 is 0. The van der Waals surface area contributed by atoms with E-state index < -0.39 is 5.91 Å². The molecular weight excluding hydrogens is 206 g/mol. The van der Waals surface area contributed by atoms with Gasteiger partial charge < -0.3 is 5.32 Å². The molecule has 0 aliphatic heterocycles. The molecule has 0 fully saturated rings. The van der Waals surface area contributed by atoms with Gasteiger partial charge in [-0.25, -0.2) is 0 Å². The Hall–Kier alpha value is -2.35. The molecule has 1 aromatic rings. The van der Waals surface area contributed by atoms with Gasteiger partial charge in [0.1, 0.15) is 0 Å². The number of nitriles is 1. The third kappa shape index (κ3) is 3.42. The molecule has 2 N–H and O–H groups in total. The first-order chi connectivity index (χ1) is 7.63. The van der Waals surface area contributed by atoms with E-state index in [1.807, 2.05) is 24.4 Å². The molecule has 0 radical (unpaired) electrons. The number of benzene rings is 1. The number of hydrogen-bond acceptors (Lipinski definition) is 3. The summed E-state index contributed by atoms with van der Waals surface area (Å²) in [7, 11) is 0. The average molecular weight is 217 g/mol. The summed E-state index contributed by atoms with van der Waals surface area (Å²) in [6.07, 6.45) is 1.49. The quantitative estimate of drug-likeness (QED) is 0.565. The van der Waals surface area contributed by atoms with Crippen molar-refractivity contribution in [2.24, 2.45) is 0 Å². The molecule has 5 heteroatoms. The van der Waals surface area contributed by atoms with Crippen LogP contribution < -0.4 is 10.6 Å². The minimum absolute atomic E-state index is 0.208. The second-order valence-electron chi connectivity index (χ2n) is 3.21. The zero-order chi connectivity index (χ0) is 12.0. The number of amides is 2. The number of rotatable bonds is 3. The molecule has 0 aliphatic rings. The predicted octanol–water partition coefficient (Wildman–Crippen LogP) is 0.322. The Bertz CT molecular complexity index is 432. The third-order valence-electron chi connectivity index (χ3n) is 1.92. The van der Waals surface area contributed by atoms with Crippen molar-refractivity contribution in [3.05, 3.63) is 35.4 Å². The van der Waals surface area contributed by atoms with Gasteiger partial charge in [-0.1, -0.05) is 17.7 Å². The fraction of sp³-hybridized carbons (Fsp3) is 0.182. The minimum atomic E-state index is -0.539. The maximum atomic E-state index is 11.5. The standard InChI is InChI=1S/C11H11N3O2/c1-8-2-4-9(5-3-8)11(16)13-6-10(15)14-7-12/h2-5H,6H2,1H3,(H,13,16)(H,14,15). The number of hydrogen-bond donors (Lipinski definition) is 2. The maximum Gasteiger partial charge on any atom is 0.252 e. The van der Waals surface area contributed by atoms with E-state index in [4.69, 9.17) is 5.26 Å². The van der Waals surface area contributed by atoms with E-state index in [0.717, 1.165) is 5.56 Å². The fourth-order valence-electron chi connectivity index (χ4n) is 1.07. The van der Waals surface area contributed by atoms with Crippen LogP contribution in [0.5, 0.6) is 0 Å². The number of carbonyl (C=O) groups is 2. The van der Waals surface area contributed by atoms with Gasteiger partial charge in [0.15, 0.2) is 6.19 Å². The Kier molecular flexibility index (Phi) is 4.04. The molecule has 0 saturated heterocycles. The lowest BCUT2D eigenvalue weighted by Crippen LogP contribution is -2.34. The maximum absolute atomic E-state index is 11.5. The zero-order valence-electron chi connectivity index (χ0n) is 8.78. The van der Waals surface area contributed by atoms with Crippen LogP contribution in [0.2, 0.25) is 0 Å². The molecule has 1 aromatic carbocycles. The average Bonchev–Trinajstić information content (AvgIpc) is 2.27. The molecule has 0 unspecified atom stereocenters. The van der Waals surface area contributed by atoms with Crippen LogP contribution in [0.15, 0.2) is 24.3 Å². The SMILES string of the molecule is Cc1ccc(C(=O)NCC(=O)NC#N)cc1. The Morgan fingerprint density at radius 1 is 1.31 bits per heavy atom. The van der Waals surface area contributed by atoms with E-state index in [1.54, 1.807) is 12.1 Å². The van der Waals surface area contributed by atoms with Crippen molar-refractivity contribution in [2.75, 3.05) is 6.54 Å². The summed E-state index contributed by atoms with van der Waals surface area (Å²) in [5, 5.41) is 12.5. The summed E-state index contributed by atoms with van der Waals surface area (Å²) in [5.74, 6) is -0.879. The molecular formula is C11H11N3O2. The van der Waals surface area contributed by atoms with Crippen LogP contribution in [0.1, 0.15) is 15.9 Å². The smallest absolute Gasteiger partial charge is 0.252 e. The van der Waals surface area contributed by atoms with Gasteiger partial charge >= 0.3 is 0 Å². The van der Waals surface area contributed by atoms with Gasteiger partial charge in [0.2, 0.25) is 0 Å². The molecule has 1 rings (SSSR count). The van der Waals surface area contributed by atoms with Crippen LogP contribution >= 0.6 is 0 Å². The van der Waals surface area contributed by atoms with Crippen LogP contribution in [-0.2, 0) is 4.79 Å².